The van der Waals surface area contributed by atoms with Crippen molar-refractivity contribution in [3.05, 3.63) is 17.6 Å². The lowest BCUT2D eigenvalue weighted by Gasteiger charge is -2.12. The van der Waals surface area contributed by atoms with Crippen molar-refractivity contribution < 1.29 is 0 Å². The second kappa shape index (κ2) is 4.40. The zero-order chi connectivity index (χ0) is 11.6. The van der Waals surface area contributed by atoms with Gasteiger partial charge in [-0.25, -0.2) is 9.97 Å². The van der Waals surface area contributed by atoms with Crippen LogP contribution in [-0.4, -0.2) is 16.5 Å². The van der Waals surface area contributed by atoms with E-state index >= 15 is 0 Å². The van der Waals surface area contributed by atoms with Gasteiger partial charge in [-0.2, -0.15) is 0 Å². The van der Waals surface area contributed by atoms with Crippen LogP contribution < -0.4 is 5.32 Å². The lowest BCUT2D eigenvalue weighted by atomic mass is 10.1. The minimum atomic E-state index is 0.258. The van der Waals surface area contributed by atoms with Gasteiger partial charge in [-0.15, -0.1) is 0 Å². The van der Waals surface area contributed by atoms with Crippen molar-refractivity contribution in [2.75, 3.05) is 11.9 Å². The second-order valence-electron chi connectivity index (χ2n) is 4.91. The van der Waals surface area contributed by atoms with E-state index in [1.54, 1.807) is 0 Å². The average molecular weight is 219 g/mol. The number of nitrogens with zero attached hydrogens (tertiary/aromatic N) is 2. The third kappa shape index (κ3) is 2.34. The fourth-order valence-corrected chi connectivity index (χ4v) is 1.70. The summed E-state index contributed by atoms with van der Waals surface area (Å²) in [7, 11) is 0. The number of aromatic nitrogens is 2. The predicted molar refractivity (Wildman–Crippen MR) is 66.8 cm³/mol. The summed E-state index contributed by atoms with van der Waals surface area (Å²) < 4.78 is 0. The largest absolute Gasteiger partial charge is 0.370 e. The van der Waals surface area contributed by atoms with Crippen molar-refractivity contribution in [2.45, 2.75) is 51.9 Å². The van der Waals surface area contributed by atoms with E-state index in [1.165, 1.54) is 12.8 Å². The van der Waals surface area contributed by atoms with Gasteiger partial charge in [0.1, 0.15) is 11.6 Å². The van der Waals surface area contributed by atoms with Gasteiger partial charge in [0.15, 0.2) is 0 Å². The molecule has 0 aliphatic heterocycles. The van der Waals surface area contributed by atoms with Crippen molar-refractivity contribution in [1.29, 1.82) is 0 Å². The Morgan fingerprint density at radius 1 is 1.31 bits per heavy atom. The van der Waals surface area contributed by atoms with Gasteiger partial charge in [-0.05, 0) is 25.7 Å². The first-order valence-electron chi connectivity index (χ1n) is 6.30. The Kier molecular flexibility index (Phi) is 3.13. The highest BCUT2D eigenvalue weighted by Crippen LogP contribution is 2.46. The quantitative estimate of drug-likeness (QED) is 0.827. The number of anilines is 1. The normalized spacial score (nSPS) is 17.2. The summed E-state index contributed by atoms with van der Waals surface area (Å²) in [5.74, 6) is 2.03. The maximum absolute atomic E-state index is 4.64. The molecule has 0 bridgehead atoms. The van der Waals surface area contributed by atoms with Gasteiger partial charge in [-0.1, -0.05) is 20.8 Å². The van der Waals surface area contributed by atoms with Crippen LogP contribution in [0.25, 0.3) is 0 Å². The van der Waals surface area contributed by atoms with Crippen LogP contribution in [0, 0.1) is 0 Å². The number of hydrogen-bond donors (Lipinski definition) is 1. The highest BCUT2D eigenvalue weighted by molar-refractivity contribution is 5.38. The SMILES string of the molecule is CCCNc1cc(CC)nc(C2(C)CC2)n1. The molecule has 0 unspecified atom stereocenters. The molecule has 1 saturated carbocycles. The molecule has 0 aromatic carbocycles. The highest BCUT2D eigenvalue weighted by atomic mass is 15.0. The van der Waals surface area contributed by atoms with Crippen LogP contribution in [-0.2, 0) is 11.8 Å². The summed E-state index contributed by atoms with van der Waals surface area (Å²) in [5.41, 5.74) is 1.41. The molecular formula is C13H21N3. The van der Waals surface area contributed by atoms with Crippen LogP contribution in [0.2, 0.25) is 0 Å². The van der Waals surface area contributed by atoms with Crippen molar-refractivity contribution in [3.63, 3.8) is 0 Å². The summed E-state index contributed by atoms with van der Waals surface area (Å²) in [5, 5.41) is 3.36. The maximum atomic E-state index is 4.64. The monoisotopic (exact) mass is 219 g/mol. The van der Waals surface area contributed by atoms with Gasteiger partial charge in [0, 0.05) is 23.7 Å². The number of aryl methyl sites for hydroxylation is 1. The van der Waals surface area contributed by atoms with Crippen LogP contribution in [0.3, 0.4) is 0 Å². The van der Waals surface area contributed by atoms with Gasteiger partial charge in [0.2, 0.25) is 0 Å². The van der Waals surface area contributed by atoms with Gasteiger partial charge in [0.05, 0.1) is 0 Å². The molecule has 0 spiro atoms. The number of rotatable bonds is 5. The first kappa shape index (κ1) is 11.4. The summed E-state index contributed by atoms with van der Waals surface area (Å²) >= 11 is 0. The fraction of sp³-hybridized carbons (Fsp3) is 0.692. The minimum Gasteiger partial charge on any atom is -0.370 e. The standard InChI is InChI=1S/C13H21N3/c1-4-8-14-11-9-10(5-2)15-12(16-11)13(3)6-7-13/h9H,4-8H2,1-3H3,(H,14,15,16). The molecule has 2 rings (SSSR count). The lowest BCUT2D eigenvalue weighted by molar-refractivity contribution is 0.698. The summed E-state index contributed by atoms with van der Waals surface area (Å²) in [6.07, 6.45) is 4.56. The van der Waals surface area contributed by atoms with Gasteiger partial charge in [0.25, 0.3) is 0 Å². The van der Waals surface area contributed by atoms with E-state index in [1.807, 2.05) is 0 Å². The molecular weight excluding hydrogens is 198 g/mol. The minimum absolute atomic E-state index is 0.258. The van der Waals surface area contributed by atoms with E-state index in [2.05, 4.69) is 42.1 Å². The van der Waals surface area contributed by atoms with E-state index in [0.717, 1.165) is 36.7 Å². The first-order chi connectivity index (χ1) is 7.68. The number of hydrogen-bond acceptors (Lipinski definition) is 3. The Hall–Kier alpha value is -1.12. The zero-order valence-corrected chi connectivity index (χ0v) is 10.5. The lowest BCUT2D eigenvalue weighted by Crippen LogP contribution is -2.12. The Labute approximate surface area is 97.7 Å². The topological polar surface area (TPSA) is 37.8 Å². The fourth-order valence-electron chi connectivity index (χ4n) is 1.70. The van der Waals surface area contributed by atoms with Crippen molar-refractivity contribution in [2.24, 2.45) is 0 Å². The Morgan fingerprint density at radius 2 is 2.06 bits per heavy atom. The van der Waals surface area contributed by atoms with E-state index in [-0.39, 0.29) is 5.41 Å². The third-order valence-corrected chi connectivity index (χ3v) is 3.24. The molecule has 1 aliphatic rings. The van der Waals surface area contributed by atoms with Crippen LogP contribution in [0.15, 0.2) is 6.07 Å². The average Bonchev–Trinajstić information content (AvgIpc) is 3.05. The molecule has 1 aromatic rings. The molecule has 16 heavy (non-hydrogen) atoms. The number of nitrogens with one attached hydrogen (secondary N) is 1. The van der Waals surface area contributed by atoms with Crippen molar-refractivity contribution in [1.82, 2.24) is 9.97 Å². The Bertz CT molecular complexity index is 369. The first-order valence-corrected chi connectivity index (χ1v) is 6.30. The van der Waals surface area contributed by atoms with E-state index in [4.69, 9.17) is 0 Å². The zero-order valence-electron chi connectivity index (χ0n) is 10.5. The van der Waals surface area contributed by atoms with Crippen molar-refractivity contribution >= 4 is 5.82 Å². The molecule has 0 atom stereocenters. The van der Waals surface area contributed by atoms with Crippen LogP contribution in [0.1, 0.15) is 51.6 Å². The highest BCUT2D eigenvalue weighted by Gasteiger charge is 2.42. The molecule has 3 nitrogen and oxygen atoms in total. The van der Waals surface area contributed by atoms with Gasteiger partial charge in [-0.3, -0.25) is 0 Å². The van der Waals surface area contributed by atoms with Gasteiger partial charge < -0.3 is 5.32 Å². The molecule has 0 radical (unpaired) electrons. The smallest absolute Gasteiger partial charge is 0.136 e. The van der Waals surface area contributed by atoms with Gasteiger partial charge >= 0.3 is 0 Å². The molecule has 0 amide bonds. The van der Waals surface area contributed by atoms with E-state index in [9.17, 15) is 0 Å². The van der Waals surface area contributed by atoms with E-state index in [0.29, 0.717) is 0 Å². The summed E-state index contributed by atoms with van der Waals surface area (Å²) in [6, 6.07) is 2.07. The second-order valence-corrected chi connectivity index (χ2v) is 4.91. The maximum Gasteiger partial charge on any atom is 0.136 e. The van der Waals surface area contributed by atoms with Crippen LogP contribution >= 0.6 is 0 Å². The molecule has 88 valence electrons. The Balaban J connectivity index is 2.24. The van der Waals surface area contributed by atoms with Crippen molar-refractivity contribution in [3.8, 4) is 0 Å². The summed E-state index contributed by atoms with van der Waals surface area (Å²) in [6.45, 7) is 7.55. The van der Waals surface area contributed by atoms with Crippen LogP contribution in [0.4, 0.5) is 5.82 Å². The predicted octanol–water partition coefficient (Wildman–Crippen LogP) is 2.91. The molecule has 0 saturated heterocycles. The van der Waals surface area contributed by atoms with Crippen LogP contribution in [0.5, 0.6) is 0 Å². The Morgan fingerprint density at radius 3 is 2.62 bits per heavy atom. The molecule has 1 heterocycles. The molecule has 3 heteroatoms. The molecule has 1 fully saturated rings. The summed E-state index contributed by atoms with van der Waals surface area (Å²) in [4.78, 5) is 9.27. The molecule has 1 N–H and O–H groups in total. The molecule has 1 aromatic heterocycles. The third-order valence-electron chi connectivity index (χ3n) is 3.24. The van der Waals surface area contributed by atoms with E-state index < -0.39 is 0 Å². The molecule has 1 aliphatic carbocycles.